The zero-order valence-electron chi connectivity index (χ0n) is 16.3. The number of likely N-dealkylation sites (N-methyl/N-ethyl adjacent to an activating group) is 2. The van der Waals surface area contributed by atoms with Crippen LogP contribution in [0.1, 0.15) is 48.0 Å². The van der Waals surface area contributed by atoms with Gasteiger partial charge in [0.2, 0.25) is 0 Å². The summed E-state index contributed by atoms with van der Waals surface area (Å²) in [6, 6.07) is -0.0769. The number of nitrogens with one attached hydrogen (secondary N) is 1. The van der Waals surface area contributed by atoms with Crippen LogP contribution in [0.5, 0.6) is 0 Å². The zero-order chi connectivity index (χ0) is 18.7. The van der Waals surface area contributed by atoms with Crippen molar-refractivity contribution in [2.75, 3.05) is 27.2 Å². The molecular formula is C17H33N3O4. The Labute approximate surface area is 145 Å². The normalized spacial score (nSPS) is 21.8. The minimum Gasteiger partial charge on any atom is -0.444 e. The van der Waals surface area contributed by atoms with Crippen molar-refractivity contribution < 1.29 is 19.1 Å². The lowest BCUT2D eigenvalue weighted by Crippen LogP contribution is -2.57. The van der Waals surface area contributed by atoms with E-state index in [0.717, 1.165) is 0 Å². The second-order valence-corrected chi connectivity index (χ2v) is 8.38. The molecule has 0 aromatic carbocycles. The molecule has 1 rings (SSSR count). The molecule has 2 amide bonds. The standard InChI is InChI=1S/C17H33N3O4/c1-16(2,3)23-14(21)19(7)12-9-13(11-18-10-12)20(8)15(22)24-17(4,5)6/h12-13,18H,9-11H2,1-8H3/t12-,13+. The zero-order valence-corrected chi connectivity index (χ0v) is 16.3. The number of nitrogens with zero attached hydrogens (tertiary/aromatic N) is 2. The third-order valence-corrected chi connectivity index (χ3v) is 3.76. The number of carbonyl (C=O) groups excluding carboxylic acids is 2. The van der Waals surface area contributed by atoms with Crippen molar-refractivity contribution in [2.45, 2.75) is 71.2 Å². The van der Waals surface area contributed by atoms with Crippen LogP contribution in [0.4, 0.5) is 9.59 Å². The fraction of sp³-hybridized carbons (Fsp3) is 0.882. The summed E-state index contributed by atoms with van der Waals surface area (Å²) in [4.78, 5) is 27.7. The molecule has 1 aliphatic heterocycles. The Hall–Kier alpha value is -1.50. The predicted octanol–water partition coefficient (Wildman–Crippen LogP) is 2.45. The number of ether oxygens (including phenoxy) is 2. The van der Waals surface area contributed by atoms with Gasteiger partial charge < -0.3 is 24.6 Å². The van der Waals surface area contributed by atoms with E-state index in [4.69, 9.17) is 9.47 Å². The smallest absolute Gasteiger partial charge is 0.410 e. The fourth-order valence-electron chi connectivity index (χ4n) is 2.45. The molecular weight excluding hydrogens is 310 g/mol. The van der Waals surface area contributed by atoms with Crippen LogP contribution in [0.2, 0.25) is 0 Å². The van der Waals surface area contributed by atoms with Crippen molar-refractivity contribution >= 4 is 12.2 Å². The maximum absolute atomic E-state index is 12.2. The van der Waals surface area contributed by atoms with Gasteiger partial charge in [-0.3, -0.25) is 0 Å². The van der Waals surface area contributed by atoms with Crippen molar-refractivity contribution in [3.63, 3.8) is 0 Å². The quantitative estimate of drug-likeness (QED) is 0.834. The lowest BCUT2D eigenvalue weighted by atomic mass is 10.0. The van der Waals surface area contributed by atoms with Crippen molar-refractivity contribution in [3.8, 4) is 0 Å². The number of hydrogen-bond donors (Lipinski definition) is 1. The number of carbonyl (C=O) groups is 2. The molecule has 0 bridgehead atoms. The number of amides is 2. The highest BCUT2D eigenvalue weighted by molar-refractivity contribution is 5.69. The summed E-state index contributed by atoms with van der Waals surface area (Å²) in [7, 11) is 3.46. The molecule has 0 saturated carbocycles. The van der Waals surface area contributed by atoms with Crippen LogP contribution < -0.4 is 5.32 Å². The lowest BCUT2D eigenvalue weighted by molar-refractivity contribution is 0.00768. The Morgan fingerprint density at radius 2 is 1.17 bits per heavy atom. The summed E-state index contributed by atoms with van der Waals surface area (Å²) < 4.78 is 10.8. The van der Waals surface area contributed by atoms with Crippen LogP contribution in [0.25, 0.3) is 0 Å². The van der Waals surface area contributed by atoms with Crippen LogP contribution in [0.15, 0.2) is 0 Å². The average molecular weight is 343 g/mol. The van der Waals surface area contributed by atoms with Crippen molar-refractivity contribution in [1.82, 2.24) is 15.1 Å². The van der Waals surface area contributed by atoms with Crippen LogP contribution in [0.3, 0.4) is 0 Å². The molecule has 1 fully saturated rings. The maximum atomic E-state index is 12.2. The first-order chi connectivity index (χ1) is 10.8. The van der Waals surface area contributed by atoms with Gasteiger partial charge >= 0.3 is 12.2 Å². The highest BCUT2D eigenvalue weighted by Gasteiger charge is 2.34. The minimum absolute atomic E-state index is 0.0384. The van der Waals surface area contributed by atoms with E-state index in [1.165, 1.54) is 0 Å². The average Bonchev–Trinajstić information content (AvgIpc) is 2.42. The first-order valence-corrected chi connectivity index (χ1v) is 8.42. The highest BCUT2D eigenvalue weighted by Crippen LogP contribution is 2.19. The van der Waals surface area contributed by atoms with Gasteiger partial charge in [-0.25, -0.2) is 9.59 Å². The van der Waals surface area contributed by atoms with Gasteiger partial charge in [0.15, 0.2) is 0 Å². The van der Waals surface area contributed by atoms with Crippen LogP contribution in [-0.2, 0) is 9.47 Å². The van der Waals surface area contributed by atoms with Gasteiger partial charge in [0.05, 0.1) is 0 Å². The Morgan fingerprint density at radius 3 is 1.46 bits per heavy atom. The number of piperidine rings is 1. The Morgan fingerprint density at radius 1 is 0.833 bits per heavy atom. The summed E-state index contributed by atoms with van der Waals surface area (Å²) in [6.07, 6.45) is -0.0249. The Bertz CT molecular complexity index is 414. The summed E-state index contributed by atoms with van der Waals surface area (Å²) in [5.74, 6) is 0. The van der Waals surface area contributed by atoms with E-state index in [1.54, 1.807) is 23.9 Å². The van der Waals surface area contributed by atoms with Gasteiger partial charge in [-0.1, -0.05) is 0 Å². The molecule has 1 aliphatic rings. The van der Waals surface area contributed by atoms with Gasteiger partial charge in [0.25, 0.3) is 0 Å². The molecule has 140 valence electrons. The molecule has 7 nitrogen and oxygen atoms in total. The van der Waals surface area contributed by atoms with Gasteiger partial charge in [-0.15, -0.1) is 0 Å². The van der Waals surface area contributed by atoms with Gasteiger partial charge in [0, 0.05) is 39.3 Å². The molecule has 0 spiro atoms. The van der Waals surface area contributed by atoms with Crippen LogP contribution >= 0.6 is 0 Å². The predicted molar refractivity (Wildman–Crippen MR) is 93.1 cm³/mol. The number of rotatable bonds is 2. The summed E-state index contributed by atoms with van der Waals surface area (Å²) in [5.41, 5.74) is -1.06. The number of hydrogen-bond acceptors (Lipinski definition) is 5. The van der Waals surface area contributed by atoms with E-state index in [9.17, 15) is 9.59 Å². The third kappa shape index (κ3) is 6.55. The van der Waals surface area contributed by atoms with Gasteiger partial charge in [-0.2, -0.15) is 0 Å². The first kappa shape index (κ1) is 20.5. The van der Waals surface area contributed by atoms with Gasteiger partial charge in [0.1, 0.15) is 11.2 Å². The van der Waals surface area contributed by atoms with Crippen molar-refractivity contribution in [1.29, 1.82) is 0 Å². The minimum atomic E-state index is -0.528. The van der Waals surface area contributed by atoms with E-state index in [-0.39, 0.29) is 24.3 Å². The van der Waals surface area contributed by atoms with Crippen LogP contribution in [0, 0.1) is 0 Å². The molecule has 0 radical (unpaired) electrons. The molecule has 1 heterocycles. The van der Waals surface area contributed by atoms with Crippen molar-refractivity contribution in [2.24, 2.45) is 0 Å². The summed E-state index contributed by atoms with van der Waals surface area (Å²) >= 11 is 0. The van der Waals surface area contributed by atoms with E-state index < -0.39 is 11.2 Å². The second kappa shape index (κ2) is 7.59. The molecule has 1 saturated heterocycles. The van der Waals surface area contributed by atoms with E-state index >= 15 is 0 Å². The summed E-state index contributed by atoms with van der Waals surface area (Å²) in [5, 5.41) is 3.28. The molecule has 7 heteroatoms. The van der Waals surface area contributed by atoms with E-state index in [0.29, 0.717) is 19.5 Å². The molecule has 2 atom stereocenters. The molecule has 1 N–H and O–H groups in total. The molecule has 24 heavy (non-hydrogen) atoms. The molecule has 0 unspecified atom stereocenters. The molecule has 0 aliphatic carbocycles. The lowest BCUT2D eigenvalue weighted by Gasteiger charge is -2.40. The SMILES string of the molecule is CN(C(=O)OC(C)(C)C)[C@@H]1CNC[C@H](N(C)C(=O)OC(C)(C)C)C1. The highest BCUT2D eigenvalue weighted by atomic mass is 16.6. The van der Waals surface area contributed by atoms with Crippen LogP contribution in [-0.4, -0.2) is 72.5 Å². The van der Waals surface area contributed by atoms with E-state index in [2.05, 4.69) is 5.32 Å². The largest absolute Gasteiger partial charge is 0.444 e. The summed E-state index contributed by atoms with van der Waals surface area (Å²) in [6.45, 7) is 12.4. The first-order valence-electron chi connectivity index (χ1n) is 8.42. The Balaban J connectivity index is 2.66. The molecule has 0 aromatic heterocycles. The van der Waals surface area contributed by atoms with Gasteiger partial charge in [-0.05, 0) is 48.0 Å². The third-order valence-electron chi connectivity index (χ3n) is 3.76. The monoisotopic (exact) mass is 343 g/mol. The van der Waals surface area contributed by atoms with Crippen molar-refractivity contribution in [3.05, 3.63) is 0 Å². The fourth-order valence-corrected chi connectivity index (χ4v) is 2.45. The maximum Gasteiger partial charge on any atom is 0.410 e. The second-order valence-electron chi connectivity index (χ2n) is 8.38. The Kier molecular flexibility index (Phi) is 6.50. The van der Waals surface area contributed by atoms with E-state index in [1.807, 2.05) is 41.5 Å². The topological polar surface area (TPSA) is 71.1 Å². The molecule has 0 aromatic rings.